The van der Waals surface area contributed by atoms with Crippen LogP contribution in [0.3, 0.4) is 0 Å². The molecule has 0 atom stereocenters. The molecule has 14 heavy (non-hydrogen) atoms. The van der Waals surface area contributed by atoms with Gasteiger partial charge in [-0.25, -0.2) is 13.6 Å². The number of isocyanates is 1. The van der Waals surface area contributed by atoms with Crippen LogP contribution in [0.25, 0.3) is 0 Å². The highest BCUT2D eigenvalue weighted by Gasteiger charge is 2.28. The lowest BCUT2D eigenvalue weighted by Gasteiger charge is -2.13. The van der Waals surface area contributed by atoms with Crippen molar-refractivity contribution in [1.29, 1.82) is 0 Å². The molecule has 0 bridgehead atoms. The van der Waals surface area contributed by atoms with Gasteiger partial charge in [-0.05, 0) is 12.1 Å². The van der Waals surface area contributed by atoms with Crippen LogP contribution in [0.4, 0.5) is 14.5 Å². The number of rotatable bonds is 3. The van der Waals surface area contributed by atoms with Crippen molar-refractivity contribution in [3.8, 4) is 0 Å². The molecular formula is C10H9F2NO. The van der Waals surface area contributed by atoms with Crippen molar-refractivity contribution in [2.45, 2.75) is 19.3 Å². The molecule has 0 aliphatic rings. The van der Waals surface area contributed by atoms with Crippen molar-refractivity contribution in [3.05, 3.63) is 29.8 Å². The fourth-order valence-corrected chi connectivity index (χ4v) is 1.06. The molecule has 0 aromatic heterocycles. The molecule has 0 unspecified atom stereocenters. The van der Waals surface area contributed by atoms with Gasteiger partial charge in [0.1, 0.15) is 0 Å². The standard InChI is InChI=1S/C10H9F2NO/c1-2-10(11,12)8-4-3-5-9(6-8)13-7-14/h3-6H,2H2,1H3. The normalized spacial score (nSPS) is 10.8. The highest BCUT2D eigenvalue weighted by atomic mass is 19.3. The molecule has 0 radical (unpaired) electrons. The molecule has 0 spiro atoms. The van der Waals surface area contributed by atoms with Gasteiger partial charge in [0.2, 0.25) is 6.08 Å². The fourth-order valence-electron chi connectivity index (χ4n) is 1.06. The summed E-state index contributed by atoms with van der Waals surface area (Å²) >= 11 is 0. The van der Waals surface area contributed by atoms with E-state index in [-0.39, 0.29) is 17.7 Å². The average molecular weight is 197 g/mol. The Kier molecular flexibility index (Phi) is 3.10. The summed E-state index contributed by atoms with van der Waals surface area (Å²) in [5, 5.41) is 0. The summed E-state index contributed by atoms with van der Waals surface area (Å²) < 4.78 is 26.3. The molecule has 1 rings (SSSR count). The lowest BCUT2D eigenvalue weighted by molar-refractivity contribution is -0.00824. The van der Waals surface area contributed by atoms with Gasteiger partial charge in [0.25, 0.3) is 5.92 Å². The number of hydrogen-bond donors (Lipinski definition) is 0. The number of alkyl halides is 2. The summed E-state index contributed by atoms with van der Waals surface area (Å²) in [6, 6.07) is 5.41. The van der Waals surface area contributed by atoms with Gasteiger partial charge in [-0.15, -0.1) is 0 Å². The molecule has 0 amide bonds. The predicted molar refractivity (Wildman–Crippen MR) is 48.4 cm³/mol. The predicted octanol–water partition coefficient (Wildman–Crippen LogP) is 3.16. The Hall–Kier alpha value is -1.54. The lowest BCUT2D eigenvalue weighted by atomic mass is 10.1. The Morgan fingerprint density at radius 2 is 2.21 bits per heavy atom. The SMILES string of the molecule is CCC(F)(F)c1cccc(N=C=O)c1. The Morgan fingerprint density at radius 3 is 2.79 bits per heavy atom. The van der Waals surface area contributed by atoms with Crippen molar-refractivity contribution in [1.82, 2.24) is 0 Å². The Balaban J connectivity index is 3.11. The van der Waals surface area contributed by atoms with Gasteiger partial charge in [-0.2, -0.15) is 4.99 Å². The summed E-state index contributed by atoms with van der Waals surface area (Å²) in [5.74, 6) is -2.87. The van der Waals surface area contributed by atoms with Gasteiger partial charge < -0.3 is 0 Å². The zero-order valence-corrected chi connectivity index (χ0v) is 7.63. The first-order valence-corrected chi connectivity index (χ1v) is 4.16. The van der Waals surface area contributed by atoms with Crippen LogP contribution in [0.2, 0.25) is 0 Å². The molecule has 0 aliphatic heterocycles. The number of benzene rings is 1. The second-order valence-electron chi connectivity index (χ2n) is 2.81. The monoisotopic (exact) mass is 197 g/mol. The van der Waals surface area contributed by atoms with Gasteiger partial charge in [0.15, 0.2) is 0 Å². The van der Waals surface area contributed by atoms with E-state index >= 15 is 0 Å². The van der Waals surface area contributed by atoms with Gasteiger partial charge in [-0.3, -0.25) is 0 Å². The van der Waals surface area contributed by atoms with Crippen molar-refractivity contribution in [2.24, 2.45) is 4.99 Å². The maximum absolute atomic E-state index is 13.2. The van der Waals surface area contributed by atoms with E-state index < -0.39 is 5.92 Å². The van der Waals surface area contributed by atoms with Crippen LogP contribution in [0.5, 0.6) is 0 Å². The molecular weight excluding hydrogens is 188 g/mol. The first kappa shape index (κ1) is 10.5. The van der Waals surface area contributed by atoms with Crippen LogP contribution in [-0.2, 0) is 10.7 Å². The molecule has 1 aromatic rings. The van der Waals surface area contributed by atoms with E-state index in [1.165, 1.54) is 37.3 Å². The lowest BCUT2D eigenvalue weighted by Crippen LogP contribution is -2.10. The van der Waals surface area contributed by atoms with Crippen LogP contribution in [-0.4, -0.2) is 6.08 Å². The summed E-state index contributed by atoms with van der Waals surface area (Å²) in [5.41, 5.74) is 0.0714. The molecule has 0 saturated heterocycles. The minimum Gasteiger partial charge on any atom is -0.211 e. The summed E-state index contributed by atoms with van der Waals surface area (Å²) in [7, 11) is 0. The van der Waals surface area contributed by atoms with Gasteiger partial charge >= 0.3 is 0 Å². The number of carbonyl (C=O) groups excluding carboxylic acids is 1. The van der Waals surface area contributed by atoms with E-state index in [1.54, 1.807) is 0 Å². The van der Waals surface area contributed by atoms with Crippen LogP contribution in [0, 0.1) is 0 Å². The molecule has 74 valence electrons. The number of hydrogen-bond acceptors (Lipinski definition) is 2. The number of halogens is 2. The van der Waals surface area contributed by atoms with E-state index in [1.807, 2.05) is 0 Å². The largest absolute Gasteiger partial charge is 0.273 e. The molecule has 0 fully saturated rings. The van der Waals surface area contributed by atoms with Gasteiger partial charge in [-0.1, -0.05) is 19.1 Å². The smallest absolute Gasteiger partial charge is 0.211 e. The topological polar surface area (TPSA) is 29.4 Å². The maximum atomic E-state index is 13.2. The first-order chi connectivity index (χ1) is 6.60. The number of aliphatic imine (C=N–C) groups is 1. The van der Waals surface area contributed by atoms with E-state index in [4.69, 9.17) is 0 Å². The highest BCUT2D eigenvalue weighted by molar-refractivity contribution is 5.50. The number of nitrogens with zero attached hydrogens (tertiary/aromatic N) is 1. The molecule has 0 saturated carbocycles. The van der Waals surface area contributed by atoms with Crippen molar-refractivity contribution >= 4 is 11.8 Å². The molecule has 4 heteroatoms. The van der Waals surface area contributed by atoms with Crippen LogP contribution in [0.15, 0.2) is 29.3 Å². The first-order valence-electron chi connectivity index (χ1n) is 4.16. The summed E-state index contributed by atoms with van der Waals surface area (Å²) in [6.07, 6.45) is 1.03. The zero-order chi connectivity index (χ0) is 10.6. The van der Waals surface area contributed by atoms with E-state index in [9.17, 15) is 13.6 Å². The zero-order valence-electron chi connectivity index (χ0n) is 7.63. The summed E-state index contributed by atoms with van der Waals surface area (Å²) in [6.45, 7) is 1.40. The van der Waals surface area contributed by atoms with Crippen molar-refractivity contribution in [3.63, 3.8) is 0 Å². The van der Waals surface area contributed by atoms with Crippen LogP contribution >= 0.6 is 0 Å². The Labute approximate surface area is 80.3 Å². The third-order valence-corrected chi connectivity index (χ3v) is 1.89. The third kappa shape index (κ3) is 2.24. The minimum atomic E-state index is -2.87. The second kappa shape index (κ2) is 4.11. The van der Waals surface area contributed by atoms with E-state index in [2.05, 4.69) is 4.99 Å². The highest BCUT2D eigenvalue weighted by Crippen LogP contribution is 2.32. The Morgan fingerprint density at radius 1 is 1.50 bits per heavy atom. The Bertz CT molecular complexity index is 370. The third-order valence-electron chi connectivity index (χ3n) is 1.89. The second-order valence-corrected chi connectivity index (χ2v) is 2.81. The van der Waals surface area contributed by atoms with Crippen LogP contribution < -0.4 is 0 Å². The molecule has 0 aliphatic carbocycles. The summed E-state index contributed by atoms with van der Waals surface area (Å²) in [4.78, 5) is 13.2. The molecule has 1 aromatic carbocycles. The van der Waals surface area contributed by atoms with E-state index in [0.717, 1.165) is 0 Å². The molecule has 2 nitrogen and oxygen atoms in total. The van der Waals surface area contributed by atoms with Gasteiger partial charge in [0.05, 0.1) is 5.69 Å². The van der Waals surface area contributed by atoms with E-state index in [0.29, 0.717) is 0 Å². The minimum absolute atomic E-state index is 0.128. The fraction of sp³-hybridized carbons (Fsp3) is 0.300. The molecule has 0 N–H and O–H groups in total. The average Bonchev–Trinajstić information content (AvgIpc) is 2.19. The molecule has 0 heterocycles. The van der Waals surface area contributed by atoms with Crippen molar-refractivity contribution in [2.75, 3.05) is 0 Å². The van der Waals surface area contributed by atoms with Gasteiger partial charge in [0, 0.05) is 12.0 Å². The maximum Gasteiger partial charge on any atom is 0.273 e. The van der Waals surface area contributed by atoms with Crippen molar-refractivity contribution < 1.29 is 13.6 Å². The van der Waals surface area contributed by atoms with Crippen LogP contribution in [0.1, 0.15) is 18.9 Å². The quantitative estimate of drug-likeness (QED) is 0.540.